The molecule has 0 saturated carbocycles. The summed E-state index contributed by atoms with van der Waals surface area (Å²) in [5, 5.41) is 1.91. The molecular formula is C12H16N2OS2. The molecular weight excluding hydrogens is 252 g/mol. The van der Waals surface area contributed by atoms with Crippen LogP contribution in [0.2, 0.25) is 0 Å². The van der Waals surface area contributed by atoms with E-state index in [9.17, 15) is 4.79 Å². The van der Waals surface area contributed by atoms with Crippen LogP contribution in [0.15, 0.2) is 16.2 Å². The molecule has 0 bridgehead atoms. The van der Waals surface area contributed by atoms with Gasteiger partial charge in [0.15, 0.2) is 4.77 Å². The second-order valence-electron chi connectivity index (χ2n) is 4.49. The van der Waals surface area contributed by atoms with Crippen molar-refractivity contribution < 1.29 is 0 Å². The summed E-state index contributed by atoms with van der Waals surface area (Å²) in [6, 6.07) is 2.07. The van der Waals surface area contributed by atoms with E-state index in [1.165, 1.54) is 11.3 Å². The Bertz CT molecular complexity index is 636. The largest absolute Gasteiger partial charge is 0.331 e. The van der Waals surface area contributed by atoms with Gasteiger partial charge in [-0.15, -0.1) is 11.3 Å². The van der Waals surface area contributed by atoms with Gasteiger partial charge >= 0.3 is 0 Å². The summed E-state index contributed by atoms with van der Waals surface area (Å²) in [4.78, 5) is 15.5. The average Bonchev–Trinajstić information content (AvgIpc) is 2.71. The summed E-state index contributed by atoms with van der Waals surface area (Å²) >= 11 is 6.77. The van der Waals surface area contributed by atoms with Crippen molar-refractivity contribution in [1.29, 1.82) is 0 Å². The van der Waals surface area contributed by atoms with Crippen LogP contribution in [0.4, 0.5) is 0 Å². The van der Waals surface area contributed by atoms with Gasteiger partial charge in [-0.1, -0.05) is 20.8 Å². The number of aromatic amines is 1. The summed E-state index contributed by atoms with van der Waals surface area (Å²) in [5.74, 6) is 0.394. The number of thiophene rings is 1. The number of hydrogen-bond acceptors (Lipinski definition) is 3. The molecule has 1 N–H and O–H groups in total. The molecule has 92 valence electrons. The highest BCUT2D eigenvalue weighted by molar-refractivity contribution is 7.71. The molecule has 2 aromatic heterocycles. The van der Waals surface area contributed by atoms with Crippen molar-refractivity contribution in [1.82, 2.24) is 9.55 Å². The predicted octanol–water partition coefficient (Wildman–Crippen LogP) is 3.73. The summed E-state index contributed by atoms with van der Waals surface area (Å²) in [7, 11) is 0. The molecule has 17 heavy (non-hydrogen) atoms. The Morgan fingerprint density at radius 3 is 2.82 bits per heavy atom. The second-order valence-corrected chi connectivity index (χ2v) is 5.79. The maximum atomic E-state index is 12.4. The molecule has 0 spiro atoms. The average molecular weight is 268 g/mol. The fourth-order valence-corrected chi connectivity index (χ4v) is 3.32. The van der Waals surface area contributed by atoms with Crippen molar-refractivity contribution in [3.8, 4) is 0 Å². The molecule has 0 aliphatic rings. The van der Waals surface area contributed by atoms with Crippen molar-refractivity contribution in [3.63, 3.8) is 0 Å². The molecule has 0 radical (unpaired) electrons. The lowest BCUT2D eigenvalue weighted by Crippen LogP contribution is -2.28. The Morgan fingerprint density at radius 2 is 2.24 bits per heavy atom. The first-order valence-corrected chi connectivity index (χ1v) is 7.07. The molecule has 1 atom stereocenters. The van der Waals surface area contributed by atoms with Crippen LogP contribution in [0.25, 0.3) is 10.2 Å². The lowest BCUT2D eigenvalue weighted by atomic mass is 10.0. The molecule has 1 unspecified atom stereocenters. The number of fused-ring (bicyclic) bond motifs is 1. The van der Waals surface area contributed by atoms with Crippen molar-refractivity contribution in [3.05, 3.63) is 26.6 Å². The van der Waals surface area contributed by atoms with Crippen LogP contribution in [0.5, 0.6) is 0 Å². The van der Waals surface area contributed by atoms with E-state index in [-0.39, 0.29) is 11.6 Å². The number of nitrogens with one attached hydrogen (secondary N) is 1. The number of rotatable bonds is 3. The van der Waals surface area contributed by atoms with Crippen molar-refractivity contribution in [2.75, 3.05) is 0 Å². The van der Waals surface area contributed by atoms with Gasteiger partial charge in [-0.25, -0.2) is 0 Å². The molecule has 0 aliphatic carbocycles. The van der Waals surface area contributed by atoms with E-state index >= 15 is 0 Å². The Morgan fingerprint density at radius 1 is 1.53 bits per heavy atom. The molecule has 0 fully saturated rings. The molecule has 2 rings (SSSR count). The van der Waals surface area contributed by atoms with Gasteiger partial charge in [0.05, 0.1) is 5.52 Å². The minimum absolute atomic E-state index is 0.0410. The molecule has 0 amide bonds. The number of H-pyrrole nitrogens is 1. The summed E-state index contributed by atoms with van der Waals surface area (Å²) in [6.45, 7) is 6.33. The first-order chi connectivity index (χ1) is 8.06. The second kappa shape index (κ2) is 4.74. The zero-order chi connectivity index (χ0) is 12.6. The topological polar surface area (TPSA) is 37.8 Å². The van der Waals surface area contributed by atoms with Crippen LogP contribution in [-0.2, 0) is 0 Å². The zero-order valence-electron chi connectivity index (χ0n) is 10.2. The van der Waals surface area contributed by atoms with Crippen molar-refractivity contribution in [2.24, 2.45) is 5.92 Å². The Kier molecular flexibility index (Phi) is 3.49. The zero-order valence-corrected chi connectivity index (χ0v) is 11.8. The minimum Gasteiger partial charge on any atom is -0.331 e. The first-order valence-electron chi connectivity index (χ1n) is 5.78. The van der Waals surface area contributed by atoms with Crippen LogP contribution in [0, 0.1) is 10.7 Å². The fraction of sp³-hybridized carbons (Fsp3) is 0.500. The van der Waals surface area contributed by atoms with E-state index in [0.29, 0.717) is 10.7 Å². The standard InChI is InChI=1S/C12H16N2OS2/c1-4-9(7(2)3)14-11(15)10-8(5-6-17-10)13-12(14)16/h5-7,9H,4H2,1-3H3,(H,13,16). The molecule has 3 nitrogen and oxygen atoms in total. The Hall–Kier alpha value is -0.940. The molecule has 0 saturated heterocycles. The third kappa shape index (κ3) is 2.09. The molecule has 2 aromatic rings. The van der Waals surface area contributed by atoms with E-state index < -0.39 is 0 Å². The van der Waals surface area contributed by atoms with Gasteiger partial charge in [-0.05, 0) is 36.0 Å². The van der Waals surface area contributed by atoms with Crippen LogP contribution < -0.4 is 5.56 Å². The highest BCUT2D eigenvalue weighted by Crippen LogP contribution is 2.22. The molecule has 5 heteroatoms. The molecule has 0 aromatic carbocycles. The Balaban J connectivity index is 2.76. The number of aromatic nitrogens is 2. The first kappa shape index (κ1) is 12.5. The maximum absolute atomic E-state index is 12.4. The van der Waals surface area contributed by atoms with E-state index in [2.05, 4.69) is 25.8 Å². The maximum Gasteiger partial charge on any atom is 0.272 e. The van der Waals surface area contributed by atoms with Gasteiger partial charge in [0.1, 0.15) is 4.70 Å². The molecule has 2 heterocycles. The monoisotopic (exact) mass is 268 g/mol. The van der Waals surface area contributed by atoms with Gasteiger partial charge in [0.25, 0.3) is 5.56 Å². The Labute approximate surface area is 109 Å². The van der Waals surface area contributed by atoms with Gasteiger partial charge in [-0.3, -0.25) is 9.36 Å². The van der Waals surface area contributed by atoms with E-state index in [4.69, 9.17) is 12.2 Å². The lowest BCUT2D eigenvalue weighted by Gasteiger charge is -2.21. The summed E-state index contributed by atoms with van der Waals surface area (Å²) in [6.07, 6.45) is 0.909. The third-order valence-corrected chi connectivity index (χ3v) is 4.26. The SMILES string of the molecule is CCC(C(C)C)n1c(=S)[nH]c2ccsc2c1=O. The van der Waals surface area contributed by atoms with Crippen LogP contribution >= 0.6 is 23.6 Å². The van der Waals surface area contributed by atoms with Gasteiger partial charge in [0.2, 0.25) is 0 Å². The van der Waals surface area contributed by atoms with Gasteiger partial charge in [-0.2, -0.15) is 0 Å². The van der Waals surface area contributed by atoms with Gasteiger partial charge in [0, 0.05) is 6.04 Å². The van der Waals surface area contributed by atoms with Gasteiger partial charge < -0.3 is 4.98 Å². The van der Waals surface area contributed by atoms with Crippen LogP contribution in [0.1, 0.15) is 33.2 Å². The van der Waals surface area contributed by atoms with E-state index in [1.807, 2.05) is 11.4 Å². The normalized spacial score (nSPS) is 13.4. The predicted molar refractivity (Wildman–Crippen MR) is 75.4 cm³/mol. The summed E-state index contributed by atoms with van der Waals surface area (Å²) in [5.41, 5.74) is 0.888. The minimum atomic E-state index is 0.0410. The van der Waals surface area contributed by atoms with Crippen molar-refractivity contribution in [2.45, 2.75) is 33.2 Å². The number of hydrogen-bond donors (Lipinski definition) is 1. The highest BCUT2D eigenvalue weighted by Gasteiger charge is 2.17. The molecule has 0 aliphatic heterocycles. The smallest absolute Gasteiger partial charge is 0.272 e. The van der Waals surface area contributed by atoms with Crippen molar-refractivity contribution >= 4 is 33.8 Å². The van der Waals surface area contributed by atoms with E-state index in [1.54, 1.807) is 4.57 Å². The van der Waals surface area contributed by atoms with Crippen LogP contribution in [-0.4, -0.2) is 9.55 Å². The summed E-state index contributed by atoms with van der Waals surface area (Å²) < 4.78 is 3.03. The number of nitrogens with zero attached hydrogens (tertiary/aromatic N) is 1. The highest BCUT2D eigenvalue weighted by atomic mass is 32.1. The fourth-order valence-electron chi connectivity index (χ4n) is 2.20. The third-order valence-electron chi connectivity index (χ3n) is 3.06. The van der Waals surface area contributed by atoms with Crippen LogP contribution in [0.3, 0.4) is 0 Å². The van der Waals surface area contributed by atoms with E-state index in [0.717, 1.165) is 16.6 Å². The quantitative estimate of drug-likeness (QED) is 0.861. The lowest BCUT2D eigenvalue weighted by molar-refractivity contribution is 0.352.